The van der Waals surface area contributed by atoms with Crippen LogP contribution in [0.1, 0.15) is 38.5 Å². The average molecular weight is 231 g/mol. The van der Waals surface area contributed by atoms with Crippen LogP contribution in [0, 0.1) is 5.92 Å². The van der Waals surface area contributed by atoms with Gasteiger partial charge >= 0.3 is 5.97 Å². The van der Waals surface area contributed by atoms with Crippen LogP contribution < -0.4 is 5.32 Å². The highest BCUT2D eigenvalue weighted by atomic mass is 19.1. The van der Waals surface area contributed by atoms with Crippen molar-refractivity contribution in [2.45, 2.75) is 44.6 Å². The van der Waals surface area contributed by atoms with Gasteiger partial charge in [-0.05, 0) is 31.7 Å². The first kappa shape index (κ1) is 13.4. The van der Waals surface area contributed by atoms with Gasteiger partial charge in [0.2, 0.25) is 0 Å². The highest BCUT2D eigenvalue weighted by molar-refractivity contribution is 5.75. The zero-order chi connectivity index (χ0) is 11.8. The third-order valence-corrected chi connectivity index (χ3v) is 3.24. The predicted octanol–water partition coefficient (Wildman–Crippen LogP) is 2.06. The molecule has 94 valence electrons. The highest BCUT2D eigenvalue weighted by Gasteiger charge is 2.26. The number of hydrogen-bond donors (Lipinski definition) is 1. The molecule has 0 aromatic heterocycles. The average Bonchev–Trinajstić information content (AvgIpc) is 2.34. The summed E-state index contributed by atoms with van der Waals surface area (Å²) >= 11 is 0. The van der Waals surface area contributed by atoms with Crippen molar-refractivity contribution in [2.24, 2.45) is 5.92 Å². The molecule has 3 nitrogen and oxygen atoms in total. The second kappa shape index (κ2) is 7.60. The maximum Gasteiger partial charge on any atom is 0.322 e. The van der Waals surface area contributed by atoms with E-state index >= 15 is 0 Å². The number of hydrogen-bond acceptors (Lipinski definition) is 3. The van der Waals surface area contributed by atoms with E-state index in [9.17, 15) is 9.18 Å². The van der Waals surface area contributed by atoms with E-state index in [0.717, 1.165) is 38.6 Å². The van der Waals surface area contributed by atoms with Gasteiger partial charge in [0, 0.05) is 0 Å². The molecule has 0 radical (unpaired) electrons. The van der Waals surface area contributed by atoms with Crippen LogP contribution >= 0.6 is 0 Å². The highest BCUT2D eigenvalue weighted by Crippen LogP contribution is 2.22. The van der Waals surface area contributed by atoms with Gasteiger partial charge in [-0.1, -0.05) is 19.3 Å². The molecule has 0 unspecified atom stereocenters. The summed E-state index contributed by atoms with van der Waals surface area (Å²) in [5.74, 6) is 0.429. The Morgan fingerprint density at radius 1 is 1.44 bits per heavy atom. The van der Waals surface area contributed by atoms with Gasteiger partial charge in [0.05, 0.1) is 13.8 Å². The summed E-state index contributed by atoms with van der Waals surface area (Å²) in [5.41, 5.74) is 0. The normalized spacial score (nSPS) is 25.4. The molecule has 1 N–H and O–H groups in total. The van der Waals surface area contributed by atoms with Crippen molar-refractivity contribution in [2.75, 3.05) is 20.3 Å². The summed E-state index contributed by atoms with van der Waals surface area (Å²) < 4.78 is 16.6. The lowest BCUT2D eigenvalue weighted by Gasteiger charge is -2.28. The SMILES string of the molecule is COC(=O)[C@@H]1C[C@H](CCCCCF)CCN1. The number of piperidine rings is 1. The van der Waals surface area contributed by atoms with Gasteiger partial charge in [0.15, 0.2) is 0 Å². The number of ether oxygens (including phenoxy) is 1. The zero-order valence-electron chi connectivity index (χ0n) is 10.0. The minimum atomic E-state index is -0.211. The second-order valence-corrected chi connectivity index (χ2v) is 4.46. The Bertz CT molecular complexity index is 211. The summed E-state index contributed by atoms with van der Waals surface area (Å²) in [4.78, 5) is 11.4. The summed E-state index contributed by atoms with van der Waals surface area (Å²) in [6.45, 7) is 0.671. The number of carbonyl (C=O) groups excluding carboxylic acids is 1. The number of rotatable bonds is 6. The minimum absolute atomic E-state index is 0.134. The molecule has 1 aliphatic rings. The Hall–Kier alpha value is -0.640. The number of halogens is 1. The van der Waals surface area contributed by atoms with Crippen molar-refractivity contribution < 1.29 is 13.9 Å². The molecule has 0 spiro atoms. The van der Waals surface area contributed by atoms with Crippen LogP contribution in [-0.4, -0.2) is 32.3 Å². The van der Waals surface area contributed by atoms with E-state index < -0.39 is 0 Å². The van der Waals surface area contributed by atoms with Crippen LogP contribution in [0.5, 0.6) is 0 Å². The molecule has 0 amide bonds. The van der Waals surface area contributed by atoms with Crippen LogP contribution in [0.25, 0.3) is 0 Å². The fourth-order valence-corrected chi connectivity index (χ4v) is 2.28. The molecule has 4 heteroatoms. The Kier molecular flexibility index (Phi) is 6.38. The third kappa shape index (κ3) is 4.47. The van der Waals surface area contributed by atoms with E-state index in [1.54, 1.807) is 0 Å². The Morgan fingerprint density at radius 2 is 2.25 bits per heavy atom. The number of alkyl halides is 1. The molecule has 16 heavy (non-hydrogen) atoms. The van der Waals surface area contributed by atoms with Gasteiger partial charge in [0.25, 0.3) is 0 Å². The quantitative estimate of drug-likeness (QED) is 0.561. The lowest BCUT2D eigenvalue weighted by Crippen LogP contribution is -2.44. The van der Waals surface area contributed by atoms with E-state index in [0.29, 0.717) is 12.3 Å². The fourth-order valence-electron chi connectivity index (χ4n) is 2.28. The molecule has 1 rings (SSSR count). The monoisotopic (exact) mass is 231 g/mol. The first-order valence-corrected chi connectivity index (χ1v) is 6.15. The van der Waals surface area contributed by atoms with Crippen LogP contribution in [0.2, 0.25) is 0 Å². The molecule has 1 heterocycles. The second-order valence-electron chi connectivity index (χ2n) is 4.46. The molecule has 0 aliphatic carbocycles. The molecular formula is C12H22FNO2. The summed E-state index contributed by atoms with van der Waals surface area (Å²) in [6.07, 6.45) is 5.79. The lowest BCUT2D eigenvalue weighted by atomic mass is 9.88. The number of esters is 1. The van der Waals surface area contributed by atoms with Crippen molar-refractivity contribution in [3.63, 3.8) is 0 Å². The number of methoxy groups -OCH3 is 1. The summed E-state index contributed by atoms with van der Waals surface area (Å²) in [7, 11) is 1.43. The number of carbonyl (C=O) groups is 1. The van der Waals surface area contributed by atoms with Crippen LogP contribution in [0.4, 0.5) is 4.39 Å². The molecule has 0 bridgehead atoms. The van der Waals surface area contributed by atoms with Crippen molar-refractivity contribution in [3.8, 4) is 0 Å². The Balaban J connectivity index is 2.20. The van der Waals surface area contributed by atoms with Gasteiger partial charge in [-0.2, -0.15) is 0 Å². The van der Waals surface area contributed by atoms with E-state index in [1.807, 2.05) is 0 Å². The topological polar surface area (TPSA) is 38.3 Å². The van der Waals surface area contributed by atoms with Crippen LogP contribution in [0.15, 0.2) is 0 Å². The first-order chi connectivity index (χ1) is 7.77. The predicted molar refractivity (Wildman–Crippen MR) is 61.0 cm³/mol. The largest absolute Gasteiger partial charge is 0.468 e. The Morgan fingerprint density at radius 3 is 2.94 bits per heavy atom. The first-order valence-electron chi connectivity index (χ1n) is 6.15. The van der Waals surface area contributed by atoms with Crippen molar-refractivity contribution >= 4 is 5.97 Å². The molecule has 0 aromatic rings. The van der Waals surface area contributed by atoms with E-state index in [2.05, 4.69) is 5.32 Å². The smallest absolute Gasteiger partial charge is 0.322 e. The van der Waals surface area contributed by atoms with Crippen molar-refractivity contribution in [1.29, 1.82) is 0 Å². The maximum atomic E-state index is 11.9. The molecular weight excluding hydrogens is 209 g/mol. The Labute approximate surface area is 96.7 Å². The zero-order valence-corrected chi connectivity index (χ0v) is 10.0. The van der Waals surface area contributed by atoms with E-state index in [-0.39, 0.29) is 18.7 Å². The molecule has 1 fully saturated rings. The maximum absolute atomic E-state index is 11.9. The number of nitrogens with one attached hydrogen (secondary N) is 1. The molecule has 2 atom stereocenters. The van der Waals surface area contributed by atoms with Crippen molar-refractivity contribution in [3.05, 3.63) is 0 Å². The van der Waals surface area contributed by atoms with Gasteiger partial charge in [-0.15, -0.1) is 0 Å². The van der Waals surface area contributed by atoms with Gasteiger partial charge < -0.3 is 10.1 Å². The molecule has 0 aromatic carbocycles. The van der Waals surface area contributed by atoms with Gasteiger partial charge in [-0.3, -0.25) is 9.18 Å². The summed E-state index contributed by atoms with van der Waals surface area (Å²) in [6, 6.07) is -0.134. The van der Waals surface area contributed by atoms with E-state index in [4.69, 9.17) is 4.74 Å². The molecule has 1 aliphatic heterocycles. The molecule has 0 saturated carbocycles. The van der Waals surface area contributed by atoms with Crippen molar-refractivity contribution in [1.82, 2.24) is 5.32 Å². The van der Waals surface area contributed by atoms with Gasteiger partial charge in [0.1, 0.15) is 6.04 Å². The molecule has 1 saturated heterocycles. The lowest BCUT2D eigenvalue weighted by molar-refractivity contribution is -0.144. The minimum Gasteiger partial charge on any atom is -0.468 e. The van der Waals surface area contributed by atoms with Gasteiger partial charge in [-0.25, -0.2) is 0 Å². The van der Waals surface area contributed by atoms with E-state index in [1.165, 1.54) is 7.11 Å². The fraction of sp³-hybridized carbons (Fsp3) is 0.917. The third-order valence-electron chi connectivity index (χ3n) is 3.24. The van der Waals surface area contributed by atoms with Crippen LogP contribution in [0.3, 0.4) is 0 Å². The standard InChI is InChI=1S/C12H22FNO2/c1-16-12(15)11-9-10(6-8-14-11)5-3-2-4-7-13/h10-11,14H,2-9H2,1H3/t10-,11+/m1/s1. The van der Waals surface area contributed by atoms with Crippen LogP contribution in [-0.2, 0) is 9.53 Å². The summed E-state index contributed by atoms with van der Waals surface area (Å²) in [5, 5.41) is 3.17. The number of unbranched alkanes of at least 4 members (excludes halogenated alkanes) is 2.